The number of aromatic nitrogens is 4. The Kier molecular flexibility index (Phi) is 3.52. The van der Waals surface area contributed by atoms with E-state index in [1.54, 1.807) is 31.7 Å². The Bertz CT molecular complexity index is 550. The van der Waals surface area contributed by atoms with Crippen molar-refractivity contribution >= 4 is 11.7 Å². The highest BCUT2D eigenvalue weighted by Crippen LogP contribution is 2.07. The lowest BCUT2D eigenvalue weighted by molar-refractivity contribution is 0.0957. The fraction of sp³-hybridized carbons (Fsp3) is 0.273. The van der Waals surface area contributed by atoms with Gasteiger partial charge in [-0.2, -0.15) is 5.10 Å². The molecule has 0 saturated carbocycles. The maximum atomic E-state index is 11.4. The fourth-order valence-corrected chi connectivity index (χ4v) is 1.43. The van der Waals surface area contributed by atoms with Crippen molar-refractivity contribution < 1.29 is 4.79 Å². The van der Waals surface area contributed by atoms with Crippen molar-refractivity contribution in [2.75, 3.05) is 18.9 Å². The summed E-state index contributed by atoms with van der Waals surface area (Å²) in [6.07, 6.45) is 4.89. The molecule has 2 rings (SSSR count). The zero-order chi connectivity index (χ0) is 13.0. The molecule has 7 heteroatoms. The van der Waals surface area contributed by atoms with Gasteiger partial charge in [-0.3, -0.25) is 9.78 Å². The van der Waals surface area contributed by atoms with Gasteiger partial charge < -0.3 is 10.6 Å². The van der Waals surface area contributed by atoms with E-state index < -0.39 is 0 Å². The molecule has 2 heterocycles. The van der Waals surface area contributed by atoms with Gasteiger partial charge in [-0.25, -0.2) is 9.67 Å². The lowest BCUT2D eigenvalue weighted by atomic mass is 10.4. The Labute approximate surface area is 104 Å². The molecule has 0 aliphatic carbocycles. The summed E-state index contributed by atoms with van der Waals surface area (Å²) in [5.41, 5.74) is 0.341. The number of anilines is 1. The molecular formula is C11H14N6O. The molecule has 0 unspecified atom stereocenters. The number of hydrogen-bond donors (Lipinski definition) is 2. The van der Waals surface area contributed by atoms with Crippen LogP contribution in [0, 0.1) is 0 Å². The van der Waals surface area contributed by atoms with Crippen molar-refractivity contribution in [1.82, 2.24) is 25.1 Å². The van der Waals surface area contributed by atoms with E-state index in [0.29, 0.717) is 17.3 Å². The molecule has 0 aromatic carbocycles. The summed E-state index contributed by atoms with van der Waals surface area (Å²) >= 11 is 0. The van der Waals surface area contributed by atoms with Crippen molar-refractivity contribution in [3.63, 3.8) is 0 Å². The van der Waals surface area contributed by atoms with Crippen molar-refractivity contribution in [2.24, 2.45) is 0 Å². The third-order valence-electron chi connectivity index (χ3n) is 2.26. The highest BCUT2D eigenvalue weighted by atomic mass is 16.1. The van der Waals surface area contributed by atoms with Crippen molar-refractivity contribution in [3.05, 3.63) is 30.4 Å². The predicted octanol–water partition coefficient (Wildman–Crippen LogP) is 0.454. The summed E-state index contributed by atoms with van der Waals surface area (Å²) in [5.74, 6) is 1.00. The number of carbonyl (C=O) groups excluding carboxylic acids is 1. The van der Waals surface area contributed by atoms with Crippen LogP contribution >= 0.6 is 0 Å². The SMILES string of the molecule is CCNc1cncc(-n2ccc(C(=O)NC)n2)n1. The van der Waals surface area contributed by atoms with E-state index >= 15 is 0 Å². The van der Waals surface area contributed by atoms with E-state index in [4.69, 9.17) is 0 Å². The van der Waals surface area contributed by atoms with Crippen LogP contribution in [0.2, 0.25) is 0 Å². The topological polar surface area (TPSA) is 84.7 Å². The standard InChI is InChI=1S/C11H14N6O/c1-3-14-9-6-13-7-10(15-9)17-5-4-8(16-17)11(18)12-2/h4-7H,3H2,1-2H3,(H,12,18)(H,14,15). The van der Waals surface area contributed by atoms with E-state index in [1.165, 1.54) is 4.68 Å². The predicted molar refractivity (Wildman–Crippen MR) is 66.7 cm³/mol. The van der Waals surface area contributed by atoms with E-state index in [0.717, 1.165) is 6.54 Å². The van der Waals surface area contributed by atoms with Crippen LogP contribution in [0.4, 0.5) is 5.82 Å². The molecule has 7 nitrogen and oxygen atoms in total. The number of rotatable bonds is 4. The molecule has 2 aromatic rings. The molecule has 0 saturated heterocycles. The first-order valence-electron chi connectivity index (χ1n) is 5.58. The minimum absolute atomic E-state index is 0.232. The second-order valence-electron chi connectivity index (χ2n) is 3.52. The summed E-state index contributed by atoms with van der Waals surface area (Å²) in [7, 11) is 1.56. The Balaban J connectivity index is 2.28. The molecule has 18 heavy (non-hydrogen) atoms. The zero-order valence-electron chi connectivity index (χ0n) is 10.2. The van der Waals surface area contributed by atoms with E-state index in [1.807, 2.05) is 6.92 Å². The summed E-state index contributed by atoms with van der Waals surface area (Å²) in [6, 6.07) is 1.63. The average molecular weight is 246 g/mol. The minimum atomic E-state index is -0.232. The summed E-state index contributed by atoms with van der Waals surface area (Å²) in [5, 5.41) is 9.71. The first kappa shape index (κ1) is 12.0. The maximum Gasteiger partial charge on any atom is 0.271 e. The van der Waals surface area contributed by atoms with E-state index in [9.17, 15) is 4.79 Å². The van der Waals surface area contributed by atoms with Gasteiger partial charge in [0.05, 0.1) is 12.4 Å². The monoisotopic (exact) mass is 246 g/mol. The van der Waals surface area contributed by atoms with Crippen LogP contribution in [0.15, 0.2) is 24.7 Å². The number of hydrogen-bond acceptors (Lipinski definition) is 5. The van der Waals surface area contributed by atoms with E-state index in [2.05, 4.69) is 25.7 Å². The molecule has 0 radical (unpaired) electrons. The van der Waals surface area contributed by atoms with Crippen LogP contribution in [-0.2, 0) is 0 Å². The molecule has 0 aliphatic rings. The Morgan fingerprint density at radius 2 is 2.28 bits per heavy atom. The quantitative estimate of drug-likeness (QED) is 0.818. The molecule has 0 spiro atoms. The van der Waals surface area contributed by atoms with Gasteiger partial charge in [0, 0.05) is 19.8 Å². The highest BCUT2D eigenvalue weighted by molar-refractivity contribution is 5.91. The summed E-state index contributed by atoms with van der Waals surface area (Å²) < 4.78 is 1.51. The molecule has 0 aliphatic heterocycles. The van der Waals surface area contributed by atoms with Crippen LogP contribution in [-0.4, -0.2) is 39.2 Å². The molecule has 2 aromatic heterocycles. The van der Waals surface area contributed by atoms with Crippen LogP contribution in [0.3, 0.4) is 0 Å². The van der Waals surface area contributed by atoms with Crippen LogP contribution in [0.25, 0.3) is 5.82 Å². The van der Waals surface area contributed by atoms with Crippen LogP contribution in [0.1, 0.15) is 17.4 Å². The first-order chi connectivity index (χ1) is 8.74. The molecular weight excluding hydrogens is 232 g/mol. The third-order valence-corrected chi connectivity index (χ3v) is 2.26. The fourth-order valence-electron chi connectivity index (χ4n) is 1.43. The van der Waals surface area contributed by atoms with Gasteiger partial charge in [-0.05, 0) is 13.0 Å². The number of carbonyl (C=O) groups is 1. The number of nitrogens with zero attached hydrogens (tertiary/aromatic N) is 4. The van der Waals surface area contributed by atoms with Crippen molar-refractivity contribution in [2.45, 2.75) is 6.92 Å². The van der Waals surface area contributed by atoms with Gasteiger partial charge in [-0.1, -0.05) is 0 Å². The maximum absolute atomic E-state index is 11.4. The number of amides is 1. The summed E-state index contributed by atoms with van der Waals surface area (Å²) in [4.78, 5) is 19.8. The third kappa shape index (κ3) is 2.45. The van der Waals surface area contributed by atoms with Gasteiger partial charge in [0.2, 0.25) is 0 Å². The second kappa shape index (κ2) is 5.26. The molecule has 1 amide bonds. The highest BCUT2D eigenvalue weighted by Gasteiger charge is 2.09. The summed E-state index contributed by atoms with van der Waals surface area (Å²) in [6.45, 7) is 2.74. The van der Waals surface area contributed by atoms with Gasteiger partial charge in [0.1, 0.15) is 5.82 Å². The molecule has 0 bridgehead atoms. The Hall–Kier alpha value is -2.44. The lowest BCUT2D eigenvalue weighted by Crippen LogP contribution is -2.18. The minimum Gasteiger partial charge on any atom is -0.369 e. The average Bonchev–Trinajstić information content (AvgIpc) is 2.88. The Morgan fingerprint density at radius 1 is 1.44 bits per heavy atom. The normalized spacial score (nSPS) is 10.1. The van der Waals surface area contributed by atoms with E-state index in [-0.39, 0.29) is 5.91 Å². The van der Waals surface area contributed by atoms with Gasteiger partial charge in [0.15, 0.2) is 11.5 Å². The molecule has 0 atom stereocenters. The molecule has 0 fully saturated rings. The lowest BCUT2D eigenvalue weighted by Gasteiger charge is -2.04. The van der Waals surface area contributed by atoms with Crippen molar-refractivity contribution in [1.29, 1.82) is 0 Å². The van der Waals surface area contributed by atoms with Crippen LogP contribution < -0.4 is 10.6 Å². The number of nitrogens with one attached hydrogen (secondary N) is 2. The molecule has 2 N–H and O–H groups in total. The van der Waals surface area contributed by atoms with Crippen LogP contribution in [0.5, 0.6) is 0 Å². The molecule has 94 valence electrons. The van der Waals surface area contributed by atoms with Gasteiger partial charge in [0.25, 0.3) is 5.91 Å². The van der Waals surface area contributed by atoms with Gasteiger partial charge in [-0.15, -0.1) is 0 Å². The second-order valence-corrected chi connectivity index (χ2v) is 3.52. The zero-order valence-corrected chi connectivity index (χ0v) is 10.2. The largest absolute Gasteiger partial charge is 0.369 e. The smallest absolute Gasteiger partial charge is 0.271 e. The van der Waals surface area contributed by atoms with Crippen molar-refractivity contribution in [3.8, 4) is 5.82 Å². The van der Waals surface area contributed by atoms with Gasteiger partial charge >= 0.3 is 0 Å². The first-order valence-corrected chi connectivity index (χ1v) is 5.58. The Morgan fingerprint density at radius 3 is 3.00 bits per heavy atom.